The Labute approximate surface area is 130 Å². The van der Waals surface area contributed by atoms with Crippen LogP contribution in [0.3, 0.4) is 0 Å². The zero-order valence-corrected chi connectivity index (χ0v) is 13.2. The van der Waals surface area contributed by atoms with Crippen LogP contribution in [0.1, 0.15) is 37.2 Å². The lowest BCUT2D eigenvalue weighted by Gasteiger charge is -2.38. The van der Waals surface area contributed by atoms with E-state index in [0.29, 0.717) is 0 Å². The van der Waals surface area contributed by atoms with Gasteiger partial charge < -0.3 is 10.1 Å². The molecule has 1 aliphatic heterocycles. The number of tetrazole rings is 1. The Morgan fingerprint density at radius 1 is 1.27 bits per heavy atom. The molecule has 0 aliphatic carbocycles. The average molecular weight is 301 g/mol. The Morgan fingerprint density at radius 2 is 2.00 bits per heavy atom. The van der Waals surface area contributed by atoms with Crippen LogP contribution in [0.2, 0.25) is 0 Å². The molecule has 1 aromatic carbocycles. The second-order valence-electron chi connectivity index (χ2n) is 6.02. The summed E-state index contributed by atoms with van der Waals surface area (Å²) >= 11 is 0. The zero-order chi connectivity index (χ0) is 15.4. The number of hydrogen-bond donors (Lipinski definition) is 1. The second-order valence-corrected chi connectivity index (χ2v) is 6.02. The summed E-state index contributed by atoms with van der Waals surface area (Å²) < 4.78 is 7.30. The normalized spacial score (nSPS) is 19.0. The van der Waals surface area contributed by atoms with Gasteiger partial charge in [-0.05, 0) is 35.8 Å². The maximum atomic E-state index is 5.58. The van der Waals surface area contributed by atoms with E-state index >= 15 is 0 Å². The van der Waals surface area contributed by atoms with E-state index in [1.165, 1.54) is 5.56 Å². The summed E-state index contributed by atoms with van der Waals surface area (Å²) in [6, 6.07) is 10.9. The molecule has 6 heteroatoms. The van der Waals surface area contributed by atoms with E-state index in [9.17, 15) is 0 Å². The van der Waals surface area contributed by atoms with Crippen molar-refractivity contribution >= 4 is 0 Å². The highest BCUT2D eigenvalue weighted by Crippen LogP contribution is 2.34. The minimum atomic E-state index is 0.114. The van der Waals surface area contributed by atoms with E-state index in [2.05, 4.69) is 58.1 Å². The molecular weight excluding hydrogens is 278 g/mol. The van der Waals surface area contributed by atoms with Gasteiger partial charge in [0, 0.05) is 32.2 Å². The summed E-state index contributed by atoms with van der Waals surface area (Å²) in [7, 11) is 1.87. The van der Waals surface area contributed by atoms with Gasteiger partial charge in [0.1, 0.15) is 0 Å². The lowest BCUT2D eigenvalue weighted by atomic mass is 9.74. The number of ether oxygens (including phenoxy) is 1. The van der Waals surface area contributed by atoms with Crippen LogP contribution in [0.4, 0.5) is 0 Å². The van der Waals surface area contributed by atoms with Crippen molar-refractivity contribution in [3.63, 3.8) is 0 Å². The number of nitrogens with one attached hydrogen (secondary N) is 1. The van der Waals surface area contributed by atoms with Crippen molar-refractivity contribution in [2.24, 2.45) is 7.05 Å². The fourth-order valence-electron chi connectivity index (χ4n) is 3.16. The van der Waals surface area contributed by atoms with Crippen LogP contribution in [-0.4, -0.2) is 40.0 Å². The third-order valence-electron chi connectivity index (χ3n) is 4.62. The van der Waals surface area contributed by atoms with Gasteiger partial charge in [-0.1, -0.05) is 30.3 Å². The number of nitrogens with zero attached hydrogens (tertiary/aromatic N) is 4. The highest BCUT2D eigenvalue weighted by atomic mass is 16.5. The van der Waals surface area contributed by atoms with E-state index in [-0.39, 0.29) is 11.5 Å². The van der Waals surface area contributed by atoms with Crippen molar-refractivity contribution < 1.29 is 4.74 Å². The molecule has 1 N–H and O–H groups in total. The van der Waals surface area contributed by atoms with Gasteiger partial charge in [-0.2, -0.15) is 0 Å². The summed E-state index contributed by atoms with van der Waals surface area (Å²) in [5.74, 6) is 0.857. The first kappa shape index (κ1) is 15.1. The molecule has 2 aromatic rings. The first-order valence-electron chi connectivity index (χ1n) is 7.80. The lowest BCUT2D eigenvalue weighted by molar-refractivity contribution is 0.0489. The standard InChI is InChI=1S/C16H23N5O/c1-13(15-18-19-20-21(15)2)17-12-16(8-10-22-11-9-16)14-6-4-3-5-7-14/h3-7,13,17H,8-12H2,1-2H3. The molecule has 0 bridgehead atoms. The number of rotatable bonds is 5. The fourth-order valence-corrected chi connectivity index (χ4v) is 3.16. The summed E-state index contributed by atoms with van der Waals surface area (Å²) in [6.45, 7) is 4.63. The smallest absolute Gasteiger partial charge is 0.167 e. The molecule has 0 saturated carbocycles. The molecule has 3 rings (SSSR count). The minimum Gasteiger partial charge on any atom is -0.381 e. The molecule has 6 nitrogen and oxygen atoms in total. The monoisotopic (exact) mass is 301 g/mol. The highest BCUT2D eigenvalue weighted by molar-refractivity contribution is 5.26. The van der Waals surface area contributed by atoms with Crippen molar-refractivity contribution in [1.82, 2.24) is 25.5 Å². The van der Waals surface area contributed by atoms with Crippen LogP contribution in [0, 0.1) is 0 Å². The van der Waals surface area contributed by atoms with Crippen molar-refractivity contribution in [2.75, 3.05) is 19.8 Å². The van der Waals surface area contributed by atoms with Crippen molar-refractivity contribution in [3.8, 4) is 0 Å². The maximum absolute atomic E-state index is 5.58. The largest absolute Gasteiger partial charge is 0.381 e. The van der Waals surface area contributed by atoms with Gasteiger partial charge in [0.15, 0.2) is 5.82 Å². The maximum Gasteiger partial charge on any atom is 0.167 e. The molecule has 0 radical (unpaired) electrons. The Hall–Kier alpha value is -1.79. The molecule has 1 saturated heterocycles. The minimum absolute atomic E-state index is 0.114. The summed E-state index contributed by atoms with van der Waals surface area (Å²) in [6.07, 6.45) is 2.07. The predicted molar refractivity (Wildman–Crippen MR) is 83.4 cm³/mol. The fraction of sp³-hybridized carbons (Fsp3) is 0.562. The van der Waals surface area contributed by atoms with Crippen molar-refractivity contribution in [1.29, 1.82) is 0 Å². The summed E-state index contributed by atoms with van der Waals surface area (Å²) in [4.78, 5) is 0. The van der Waals surface area contributed by atoms with Gasteiger partial charge in [-0.15, -0.1) is 5.10 Å². The quantitative estimate of drug-likeness (QED) is 0.909. The molecule has 1 aliphatic rings. The van der Waals surface area contributed by atoms with Crippen LogP contribution >= 0.6 is 0 Å². The van der Waals surface area contributed by atoms with Gasteiger partial charge >= 0.3 is 0 Å². The molecule has 22 heavy (non-hydrogen) atoms. The second kappa shape index (κ2) is 6.54. The Morgan fingerprint density at radius 3 is 2.64 bits per heavy atom. The molecule has 0 spiro atoms. The molecule has 2 heterocycles. The lowest BCUT2D eigenvalue weighted by Crippen LogP contribution is -2.43. The SMILES string of the molecule is CC(NCC1(c2ccccc2)CCOCC1)c1nnnn1C. The van der Waals surface area contributed by atoms with Gasteiger partial charge in [-0.3, -0.25) is 0 Å². The third-order valence-corrected chi connectivity index (χ3v) is 4.62. The van der Waals surface area contributed by atoms with E-state index in [4.69, 9.17) is 4.74 Å². The van der Waals surface area contributed by atoms with E-state index in [1.807, 2.05) is 7.05 Å². The van der Waals surface area contributed by atoms with Gasteiger partial charge in [-0.25, -0.2) is 4.68 Å². The molecule has 1 fully saturated rings. The van der Waals surface area contributed by atoms with Crippen LogP contribution in [0.5, 0.6) is 0 Å². The van der Waals surface area contributed by atoms with Crippen LogP contribution in [0.15, 0.2) is 30.3 Å². The summed E-state index contributed by atoms with van der Waals surface area (Å²) in [5.41, 5.74) is 1.51. The number of aromatic nitrogens is 4. The van der Waals surface area contributed by atoms with Gasteiger partial charge in [0.2, 0.25) is 0 Å². The molecular formula is C16H23N5O. The molecule has 1 atom stereocenters. The van der Waals surface area contributed by atoms with Crippen LogP contribution < -0.4 is 5.32 Å². The van der Waals surface area contributed by atoms with E-state index in [1.54, 1.807) is 4.68 Å². The van der Waals surface area contributed by atoms with Crippen LogP contribution in [-0.2, 0) is 17.2 Å². The van der Waals surface area contributed by atoms with Crippen molar-refractivity contribution in [3.05, 3.63) is 41.7 Å². The predicted octanol–water partition coefficient (Wildman–Crippen LogP) is 1.61. The van der Waals surface area contributed by atoms with Gasteiger partial charge in [0.05, 0.1) is 6.04 Å². The Balaban J connectivity index is 1.75. The van der Waals surface area contributed by atoms with E-state index in [0.717, 1.165) is 38.4 Å². The topological polar surface area (TPSA) is 64.9 Å². The van der Waals surface area contributed by atoms with Crippen molar-refractivity contribution in [2.45, 2.75) is 31.2 Å². The average Bonchev–Trinajstić information content (AvgIpc) is 3.00. The molecule has 0 amide bonds. The summed E-state index contributed by atoms with van der Waals surface area (Å²) in [5, 5.41) is 15.3. The molecule has 1 unspecified atom stereocenters. The van der Waals surface area contributed by atoms with Crippen LogP contribution in [0.25, 0.3) is 0 Å². The zero-order valence-electron chi connectivity index (χ0n) is 13.2. The number of aryl methyl sites for hydroxylation is 1. The Bertz CT molecular complexity index is 592. The first-order valence-corrected chi connectivity index (χ1v) is 7.80. The first-order chi connectivity index (χ1) is 10.7. The highest BCUT2D eigenvalue weighted by Gasteiger charge is 2.34. The number of hydrogen-bond acceptors (Lipinski definition) is 5. The Kier molecular flexibility index (Phi) is 4.49. The number of benzene rings is 1. The molecule has 118 valence electrons. The molecule has 1 aromatic heterocycles. The van der Waals surface area contributed by atoms with Gasteiger partial charge in [0.25, 0.3) is 0 Å². The third kappa shape index (κ3) is 3.03. The van der Waals surface area contributed by atoms with E-state index < -0.39 is 0 Å².